The van der Waals surface area contributed by atoms with Crippen molar-refractivity contribution in [3.63, 3.8) is 0 Å². The van der Waals surface area contributed by atoms with Gasteiger partial charge in [0, 0.05) is 5.56 Å². The van der Waals surface area contributed by atoms with Crippen LogP contribution in [0.25, 0.3) is 0 Å². The van der Waals surface area contributed by atoms with Crippen molar-refractivity contribution in [1.82, 2.24) is 0 Å². The van der Waals surface area contributed by atoms with Gasteiger partial charge < -0.3 is 5.11 Å². The van der Waals surface area contributed by atoms with Gasteiger partial charge >= 0.3 is 0 Å². The fourth-order valence-electron chi connectivity index (χ4n) is 1.34. The van der Waals surface area contributed by atoms with Crippen LogP contribution in [0.3, 0.4) is 0 Å². The van der Waals surface area contributed by atoms with Gasteiger partial charge in [-0.15, -0.1) is 0 Å². The number of carbonyl (C=O) groups excluding carboxylic acids is 1. The Hall–Kier alpha value is -1.57. The molecule has 2 nitrogen and oxygen atoms in total. The van der Waals surface area contributed by atoms with E-state index in [0.29, 0.717) is 5.56 Å². The summed E-state index contributed by atoms with van der Waals surface area (Å²) in [6.07, 6.45) is 1.40. The molecule has 0 heterocycles. The van der Waals surface area contributed by atoms with Crippen LogP contribution in [0.4, 0.5) is 0 Å². The van der Waals surface area contributed by atoms with Gasteiger partial charge in [-0.25, -0.2) is 0 Å². The van der Waals surface area contributed by atoms with Gasteiger partial charge in [-0.2, -0.15) is 0 Å². The molecule has 14 heavy (non-hydrogen) atoms. The van der Waals surface area contributed by atoms with E-state index in [4.69, 9.17) is 0 Å². The second-order valence-electron chi connectivity index (χ2n) is 3.32. The van der Waals surface area contributed by atoms with E-state index in [2.05, 4.69) is 0 Å². The Bertz CT molecular complexity index is 389. The van der Waals surface area contributed by atoms with Crippen LogP contribution < -0.4 is 0 Å². The largest absolute Gasteiger partial charge is 0.504 e. The molecule has 0 bridgehead atoms. The average molecular weight is 190 g/mol. The molecule has 1 rings (SSSR count). The van der Waals surface area contributed by atoms with Crippen molar-refractivity contribution in [2.75, 3.05) is 0 Å². The highest BCUT2D eigenvalue weighted by Gasteiger charge is 2.12. The molecule has 0 atom stereocenters. The number of carbonyl (C=O) groups is 1. The first-order valence-electron chi connectivity index (χ1n) is 4.53. The minimum atomic E-state index is -0.315. The van der Waals surface area contributed by atoms with Gasteiger partial charge in [0.15, 0.2) is 5.76 Å². The van der Waals surface area contributed by atoms with E-state index in [0.717, 1.165) is 11.1 Å². The number of aryl methyl sites for hydroxylation is 2. The van der Waals surface area contributed by atoms with Crippen LogP contribution in [0.1, 0.15) is 28.4 Å². The number of aliphatic hydroxyl groups is 1. The van der Waals surface area contributed by atoms with Crippen LogP contribution in [0, 0.1) is 13.8 Å². The minimum Gasteiger partial charge on any atom is -0.504 e. The fourth-order valence-corrected chi connectivity index (χ4v) is 1.34. The highest BCUT2D eigenvalue weighted by atomic mass is 16.3. The van der Waals surface area contributed by atoms with Gasteiger partial charge in [-0.05, 0) is 32.4 Å². The molecule has 0 spiro atoms. The van der Waals surface area contributed by atoms with Crippen LogP contribution in [-0.2, 0) is 0 Å². The highest BCUT2D eigenvalue weighted by Crippen LogP contribution is 2.13. The molecule has 0 saturated heterocycles. The maximum Gasteiger partial charge on any atom is 0.227 e. The van der Waals surface area contributed by atoms with Crippen molar-refractivity contribution >= 4 is 5.78 Å². The second kappa shape index (κ2) is 4.09. The lowest BCUT2D eigenvalue weighted by Gasteiger charge is -2.04. The molecule has 2 heteroatoms. The number of aliphatic hydroxyl groups excluding tert-OH is 1. The molecule has 0 aromatic heterocycles. The lowest BCUT2D eigenvalue weighted by molar-refractivity contribution is 0.0977. The molecule has 0 aliphatic carbocycles. The van der Waals surface area contributed by atoms with Crippen molar-refractivity contribution in [2.45, 2.75) is 20.8 Å². The lowest BCUT2D eigenvalue weighted by Crippen LogP contribution is -2.04. The van der Waals surface area contributed by atoms with E-state index in [1.54, 1.807) is 13.0 Å². The summed E-state index contributed by atoms with van der Waals surface area (Å²) in [5.41, 5.74) is 2.56. The molecule has 0 amide bonds. The standard InChI is InChI=1S/C12H14O2/c1-4-11(13)12(14)10-6-5-8(2)7-9(10)3/h4-7,13H,1-3H3/b11-4+. The van der Waals surface area contributed by atoms with E-state index in [1.165, 1.54) is 6.08 Å². The topological polar surface area (TPSA) is 37.3 Å². The SMILES string of the molecule is C/C=C(/O)C(=O)c1ccc(C)cc1C. The summed E-state index contributed by atoms with van der Waals surface area (Å²) in [5, 5.41) is 9.29. The molecule has 0 fully saturated rings. The molecule has 1 N–H and O–H groups in total. The van der Waals surface area contributed by atoms with Crippen LogP contribution in [0.5, 0.6) is 0 Å². The predicted molar refractivity (Wildman–Crippen MR) is 56.6 cm³/mol. The maximum atomic E-state index is 11.6. The fraction of sp³-hybridized carbons (Fsp3) is 0.250. The Morgan fingerprint density at radius 1 is 1.36 bits per heavy atom. The molecule has 0 aliphatic rings. The summed E-state index contributed by atoms with van der Waals surface area (Å²) in [6, 6.07) is 5.53. The zero-order valence-corrected chi connectivity index (χ0v) is 8.66. The number of Topliss-reactive ketones (excluding diaryl/α,β-unsaturated/α-hetero) is 1. The average Bonchev–Trinajstić information content (AvgIpc) is 2.15. The van der Waals surface area contributed by atoms with Crippen molar-refractivity contribution < 1.29 is 9.90 Å². The Balaban J connectivity index is 3.14. The monoisotopic (exact) mass is 190 g/mol. The summed E-state index contributed by atoms with van der Waals surface area (Å²) >= 11 is 0. The van der Waals surface area contributed by atoms with Crippen molar-refractivity contribution in [3.05, 3.63) is 46.7 Å². The van der Waals surface area contributed by atoms with Crippen LogP contribution in [0.15, 0.2) is 30.0 Å². The number of benzene rings is 1. The van der Waals surface area contributed by atoms with Crippen LogP contribution in [-0.4, -0.2) is 10.9 Å². The zero-order chi connectivity index (χ0) is 10.7. The molecule has 1 aromatic rings. The first-order chi connectivity index (χ1) is 6.56. The number of ketones is 1. The molecular weight excluding hydrogens is 176 g/mol. The summed E-state index contributed by atoms with van der Waals surface area (Å²) in [4.78, 5) is 11.6. The zero-order valence-electron chi connectivity index (χ0n) is 8.66. The molecular formula is C12H14O2. The summed E-state index contributed by atoms with van der Waals surface area (Å²) < 4.78 is 0. The number of hydrogen-bond donors (Lipinski definition) is 1. The van der Waals surface area contributed by atoms with Gasteiger partial charge in [0.2, 0.25) is 5.78 Å². The van der Waals surface area contributed by atoms with Gasteiger partial charge in [-0.3, -0.25) is 4.79 Å². The number of hydrogen-bond acceptors (Lipinski definition) is 2. The third kappa shape index (κ3) is 2.02. The third-order valence-electron chi connectivity index (χ3n) is 2.13. The van der Waals surface area contributed by atoms with E-state index in [9.17, 15) is 9.90 Å². The van der Waals surface area contributed by atoms with Gasteiger partial charge in [-0.1, -0.05) is 23.8 Å². The first-order valence-corrected chi connectivity index (χ1v) is 4.53. The van der Waals surface area contributed by atoms with E-state index < -0.39 is 0 Å². The minimum absolute atomic E-state index is 0.197. The Kier molecular flexibility index (Phi) is 3.07. The summed E-state index contributed by atoms with van der Waals surface area (Å²) in [5.74, 6) is -0.512. The molecule has 74 valence electrons. The van der Waals surface area contributed by atoms with Gasteiger partial charge in [0.1, 0.15) is 0 Å². The molecule has 0 saturated carbocycles. The van der Waals surface area contributed by atoms with Crippen molar-refractivity contribution in [1.29, 1.82) is 0 Å². The Morgan fingerprint density at radius 3 is 2.50 bits per heavy atom. The van der Waals surface area contributed by atoms with Crippen LogP contribution in [0.2, 0.25) is 0 Å². The Morgan fingerprint density at radius 2 is 2.00 bits per heavy atom. The second-order valence-corrected chi connectivity index (χ2v) is 3.32. The van der Waals surface area contributed by atoms with E-state index in [1.807, 2.05) is 26.0 Å². The molecule has 0 aliphatic heterocycles. The normalized spacial score (nSPS) is 11.5. The number of allylic oxidation sites excluding steroid dienone is 2. The van der Waals surface area contributed by atoms with Crippen molar-refractivity contribution in [2.24, 2.45) is 0 Å². The lowest BCUT2D eigenvalue weighted by atomic mass is 10.0. The third-order valence-corrected chi connectivity index (χ3v) is 2.13. The summed E-state index contributed by atoms with van der Waals surface area (Å²) in [7, 11) is 0. The highest BCUT2D eigenvalue weighted by molar-refractivity contribution is 6.07. The number of rotatable bonds is 2. The maximum absolute atomic E-state index is 11.6. The van der Waals surface area contributed by atoms with Gasteiger partial charge in [0.25, 0.3) is 0 Å². The first kappa shape index (κ1) is 10.5. The molecule has 0 radical (unpaired) electrons. The van der Waals surface area contributed by atoms with E-state index in [-0.39, 0.29) is 11.5 Å². The molecule has 1 aromatic carbocycles. The summed E-state index contributed by atoms with van der Waals surface area (Å²) in [6.45, 7) is 5.47. The van der Waals surface area contributed by atoms with Crippen LogP contribution >= 0.6 is 0 Å². The predicted octanol–water partition coefficient (Wildman–Crippen LogP) is 2.95. The van der Waals surface area contributed by atoms with Gasteiger partial charge in [0.05, 0.1) is 0 Å². The van der Waals surface area contributed by atoms with E-state index >= 15 is 0 Å². The smallest absolute Gasteiger partial charge is 0.227 e. The van der Waals surface area contributed by atoms with Crippen molar-refractivity contribution in [3.8, 4) is 0 Å². The molecule has 0 unspecified atom stereocenters. The Labute approximate surface area is 83.9 Å². The quantitative estimate of drug-likeness (QED) is 0.442.